The maximum absolute atomic E-state index is 10.8. The maximum Gasteiger partial charge on any atom is 0.0935 e. The van der Waals surface area contributed by atoms with Crippen LogP contribution < -0.4 is 11.1 Å². The number of fused-ring (bicyclic) bond motifs is 1. The Hall–Kier alpha value is -2.21. The summed E-state index contributed by atoms with van der Waals surface area (Å²) in [5.74, 6) is 0. The largest absolute Gasteiger partial charge is 0.387 e. The molecule has 0 aliphatic heterocycles. The van der Waals surface area contributed by atoms with Crippen LogP contribution >= 0.6 is 0 Å². The van der Waals surface area contributed by atoms with Crippen LogP contribution in [0.3, 0.4) is 0 Å². The number of hydrogen-bond acceptors (Lipinski definition) is 4. The van der Waals surface area contributed by atoms with Crippen LogP contribution in [0.4, 0.5) is 0 Å². The lowest BCUT2D eigenvalue weighted by Crippen LogP contribution is -2.46. The van der Waals surface area contributed by atoms with Gasteiger partial charge in [-0.25, -0.2) is 4.68 Å². The summed E-state index contributed by atoms with van der Waals surface area (Å²) in [7, 11) is 0. The van der Waals surface area contributed by atoms with E-state index in [1.165, 1.54) is 0 Å². The number of aliphatic hydroxyl groups is 1. The van der Waals surface area contributed by atoms with E-state index in [1.54, 1.807) is 6.92 Å². The molecule has 0 aliphatic carbocycles. The smallest absolute Gasteiger partial charge is 0.0935 e. The van der Waals surface area contributed by atoms with E-state index in [9.17, 15) is 5.11 Å². The van der Waals surface area contributed by atoms with Gasteiger partial charge in [0.1, 0.15) is 0 Å². The van der Waals surface area contributed by atoms with Crippen LogP contribution in [0, 0.1) is 0 Å². The molecule has 2 unspecified atom stereocenters. The highest BCUT2D eigenvalue weighted by atomic mass is 16.3. The zero-order valence-corrected chi connectivity index (χ0v) is 14.8. The predicted octanol–water partition coefficient (Wildman–Crippen LogP) is 2.78. The third-order valence-corrected chi connectivity index (χ3v) is 4.56. The lowest BCUT2D eigenvalue weighted by atomic mass is 9.89. The quantitative estimate of drug-likeness (QED) is 0.579. The van der Waals surface area contributed by atoms with Crippen LogP contribution in [0.5, 0.6) is 0 Å². The molecule has 0 fully saturated rings. The predicted molar refractivity (Wildman–Crippen MR) is 102 cm³/mol. The molecule has 0 saturated carbocycles. The number of nitrogens with one attached hydrogen (secondary N) is 1. The van der Waals surface area contributed by atoms with Crippen molar-refractivity contribution in [2.75, 3.05) is 13.1 Å². The minimum absolute atomic E-state index is 0.450. The third kappa shape index (κ3) is 3.58. The number of benzene rings is 2. The van der Waals surface area contributed by atoms with E-state index in [2.05, 4.69) is 17.3 Å². The Bertz CT molecular complexity index is 826. The summed E-state index contributed by atoms with van der Waals surface area (Å²) in [6.45, 7) is 5.19. The van der Waals surface area contributed by atoms with Gasteiger partial charge in [0, 0.05) is 11.9 Å². The van der Waals surface area contributed by atoms with Crippen LogP contribution in [0.2, 0.25) is 0 Å². The first-order valence-corrected chi connectivity index (χ1v) is 8.75. The highest BCUT2D eigenvalue weighted by Gasteiger charge is 2.31. The van der Waals surface area contributed by atoms with Gasteiger partial charge in [0.05, 0.1) is 29.0 Å². The normalized spacial score (nSPS) is 15.2. The molecule has 3 aromatic rings. The summed E-state index contributed by atoms with van der Waals surface area (Å²) in [4.78, 5) is 0. The minimum Gasteiger partial charge on any atom is -0.387 e. The Kier molecular flexibility index (Phi) is 5.18. The van der Waals surface area contributed by atoms with Gasteiger partial charge in [0.25, 0.3) is 0 Å². The molecule has 2 atom stereocenters. The standard InChI is InChI=1S/C20H26N4O/c1-3-12-22-14-20(2,25)19(21)16-10-7-11-18-17(16)13-23-24(18)15-8-5-4-6-9-15/h4-11,13,19,22,25H,3,12,14,21H2,1-2H3. The van der Waals surface area contributed by atoms with Crippen LogP contribution in [0.1, 0.15) is 31.9 Å². The molecule has 3 rings (SSSR count). The first-order valence-electron chi connectivity index (χ1n) is 8.75. The monoisotopic (exact) mass is 338 g/mol. The fraction of sp³-hybridized carbons (Fsp3) is 0.350. The van der Waals surface area contributed by atoms with Gasteiger partial charge >= 0.3 is 0 Å². The maximum atomic E-state index is 10.8. The Morgan fingerprint density at radius 2 is 1.96 bits per heavy atom. The molecule has 0 amide bonds. The number of para-hydroxylation sites is 1. The van der Waals surface area contributed by atoms with Crippen molar-refractivity contribution in [2.24, 2.45) is 5.73 Å². The molecule has 0 spiro atoms. The molecule has 25 heavy (non-hydrogen) atoms. The van der Waals surface area contributed by atoms with Gasteiger partial charge < -0.3 is 16.2 Å². The van der Waals surface area contributed by atoms with Crippen molar-refractivity contribution >= 4 is 10.9 Å². The molecule has 5 nitrogen and oxygen atoms in total. The zero-order chi connectivity index (χ0) is 17.9. The summed E-state index contributed by atoms with van der Waals surface area (Å²) in [5, 5.41) is 19.6. The highest BCUT2D eigenvalue weighted by Crippen LogP contribution is 2.30. The van der Waals surface area contributed by atoms with E-state index in [1.807, 2.05) is 59.4 Å². The first-order chi connectivity index (χ1) is 12.0. The van der Waals surface area contributed by atoms with Crippen LogP contribution in [-0.4, -0.2) is 33.6 Å². The van der Waals surface area contributed by atoms with Crippen LogP contribution in [0.15, 0.2) is 54.7 Å². The van der Waals surface area contributed by atoms with Crippen molar-refractivity contribution in [3.05, 3.63) is 60.3 Å². The molecular formula is C20H26N4O. The second-order valence-electron chi connectivity index (χ2n) is 6.68. The second kappa shape index (κ2) is 7.35. The van der Waals surface area contributed by atoms with Gasteiger partial charge in [0.2, 0.25) is 0 Å². The van der Waals surface area contributed by atoms with Crippen molar-refractivity contribution in [2.45, 2.75) is 31.9 Å². The van der Waals surface area contributed by atoms with E-state index in [0.717, 1.165) is 35.1 Å². The summed E-state index contributed by atoms with van der Waals surface area (Å²) in [5.41, 5.74) is 8.29. The summed E-state index contributed by atoms with van der Waals surface area (Å²) in [6, 6.07) is 15.5. The second-order valence-corrected chi connectivity index (χ2v) is 6.68. The highest BCUT2D eigenvalue weighted by molar-refractivity contribution is 5.84. The Morgan fingerprint density at radius 1 is 1.20 bits per heavy atom. The molecule has 132 valence electrons. The number of rotatable bonds is 7. The lowest BCUT2D eigenvalue weighted by molar-refractivity contribution is 0.0331. The Balaban J connectivity index is 1.96. The van der Waals surface area contributed by atoms with Crippen LogP contribution in [0.25, 0.3) is 16.6 Å². The van der Waals surface area contributed by atoms with Gasteiger partial charge in [-0.05, 0) is 43.7 Å². The molecule has 1 heterocycles. The fourth-order valence-corrected chi connectivity index (χ4v) is 3.08. The molecule has 4 N–H and O–H groups in total. The fourth-order valence-electron chi connectivity index (χ4n) is 3.08. The molecule has 1 aromatic heterocycles. The lowest BCUT2D eigenvalue weighted by Gasteiger charge is -2.31. The molecule has 5 heteroatoms. The van der Waals surface area contributed by atoms with E-state index >= 15 is 0 Å². The van der Waals surface area contributed by atoms with Crippen molar-refractivity contribution in [3.8, 4) is 5.69 Å². The van der Waals surface area contributed by atoms with Gasteiger partial charge in [-0.1, -0.05) is 37.3 Å². The number of aromatic nitrogens is 2. The zero-order valence-electron chi connectivity index (χ0n) is 14.8. The van der Waals surface area contributed by atoms with E-state index in [4.69, 9.17) is 5.73 Å². The van der Waals surface area contributed by atoms with Gasteiger partial charge in [-0.15, -0.1) is 0 Å². The molecule has 0 aliphatic rings. The summed E-state index contributed by atoms with van der Waals surface area (Å²) >= 11 is 0. The first kappa shape index (κ1) is 17.6. The minimum atomic E-state index is -1.04. The number of nitrogens with two attached hydrogens (primary N) is 1. The summed E-state index contributed by atoms with van der Waals surface area (Å²) in [6.07, 6.45) is 2.85. The van der Waals surface area contributed by atoms with Gasteiger partial charge in [-0.3, -0.25) is 0 Å². The van der Waals surface area contributed by atoms with E-state index in [-0.39, 0.29) is 0 Å². The Morgan fingerprint density at radius 3 is 2.68 bits per heavy atom. The number of nitrogens with zero attached hydrogens (tertiary/aromatic N) is 2. The van der Waals surface area contributed by atoms with Crippen molar-refractivity contribution in [3.63, 3.8) is 0 Å². The van der Waals surface area contributed by atoms with Crippen molar-refractivity contribution in [1.82, 2.24) is 15.1 Å². The third-order valence-electron chi connectivity index (χ3n) is 4.56. The van der Waals surface area contributed by atoms with Crippen molar-refractivity contribution in [1.29, 1.82) is 0 Å². The molecule has 0 radical (unpaired) electrons. The average Bonchev–Trinajstić information content (AvgIpc) is 3.06. The molecule has 2 aromatic carbocycles. The van der Waals surface area contributed by atoms with Gasteiger partial charge in [0.15, 0.2) is 0 Å². The van der Waals surface area contributed by atoms with Crippen LogP contribution in [-0.2, 0) is 0 Å². The summed E-state index contributed by atoms with van der Waals surface area (Å²) < 4.78 is 1.90. The molecule has 0 bridgehead atoms. The molecular weight excluding hydrogens is 312 g/mol. The van der Waals surface area contributed by atoms with Crippen molar-refractivity contribution < 1.29 is 5.11 Å². The number of hydrogen-bond donors (Lipinski definition) is 3. The Labute approximate surface area is 148 Å². The average molecular weight is 338 g/mol. The van der Waals surface area contributed by atoms with Gasteiger partial charge in [-0.2, -0.15) is 5.10 Å². The SMILES string of the molecule is CCCNCC(C)(O)C(N)c1cccc2c1cnn2-c1ccccc1. The topological polar surface area (TPSA) is 76.1 Å². The van der Waals surface area contributed by atoms with E-state index < -0.39 is 11.6 Å². The van der Waals surface area contributed by atoms with E-state index in [0.29, 0.717) is 6.54 Å². The molecule has 0 saturated heterocycles.